The van der Waals surface area contributed by atoms with Crippen LogP contribution in [0, 0.1) is 0 Å². The molecule has 148 valence electrons. The van der Waals surface area contributed by atoms with Gasteiger partial charge in [-0.3, -0.25) is 14.1 Å². The molecule has 3 aromatic rings. The van der Waals surface area contributed by atoms with Gasteiger partial charge in [0.25, 0.3) is 0 Å². The molecule has 1 aliphatic rings. The van der Waals surface area contributed by atoms with E-state index in [1.807, 2.05) is 40.4 Å². The van der Waals surface area contributed by atoms with E-state index in [0.29, 0.717) is 13.0 Å². The van der Waals surface area contributed by atoms with E-state index in [1.54, 1.807) is 18.4 Å². The number of methoxy groups -OCH3 is 1. The second-order valence-electron chi connectivity index (χ2n) is 7.16. The number of imidazole rings is 1. The standard InChI is InChI=1S/C21H26N4O2S/c1-27-19-8-4-3-7-17(19)18(24-9-5-2-6-10-24)14-22-20(26)13-16-15-25-11-12-28-21(25)23-16/h3-4,7-8,11-12,15,18H,2,5-6,9-10,13-14H2,1H3,(H,22,26). The van der Waals surface area contributed by atoms with Gasteiger partial charge in [-0.25, -0.2) is 4.98 Å². The van der Waals surface area contributed by atoms with Crippen molar-refractivity contribution >= 4 is 22.2 Å². The van der Waals surface area contributed by atoms with Gasteiger partial charge < -0.3 is 10.1 Å². The molecule has 1 fully saturated rings. The van der Waals surface area contributed by atoms with Crippen LogP contribution in [0.2, 0.25) is 0 Å². The third kappa shape index (κ3) is 4.20. The van der Waals surface area contributed by atoms with E-state index < -0.39 is 0 Å². The molecule has 0 bridgehead atoms. The molecule has 1 amide bonds. The van der Waals surface area contributed by atoms with Crippen LogP contribution in [-0.2, 0) is 11.2 Å². The van der Waals surface area contributed by atoms with Gasteiger partial charge in [-0.05, 0) is 32.0 Å². The van der Waals surface area contributed by atoms with Gasteiger partial charge >= 0.3 is 0 Å². The van der Waals surface area contributed by atoms with E-state index in [2.05, 4.69) is 21.3 Å². The number of amides is 1. The summed E-state index contributed by atoms with van der Waals surface area (Å²) in [5.41, 5.74) is 1.94. The molecular weight excluding hydrogens is 372 g/mol. The smallest absolute Gasteiger partial charge is 0.226 e. The average molecular weight is 399 g/mol. The molecule has 6 nitrogen and oxygen atoms in total. The Labute approximate surface area is 169 Å². The molecule has 28 heavy (non-hydrogen) atoms. The zero-order valence-electron chi connectivity index (χ0n) is 16.1. The Kier molecular flexibility index (Phi) is 5.92. The summed E-state index contributed by atoms with van der Waals surface area (Å²) in [6.45, 7) is 2.67. The van der Waals surface area contributed by atoms with Crippen LogP contribution in [0.15, 0.2) is 42.0 Å². The summed E-state index contributed by atoms with van der Waals surface area (Å²) < 4.78 is 7.55. The van der Waals surface area contributed by atoms with E-state index >= 15 is 0 Å². The van der Waals surface area contributed by atoms with Crippen molar-refractivity contribution in [3.63, 3.8) is 0 Å². The number of carbonyl (C=O) groups excluding carboxylic acids is 1. The number of nitrogens with zero attached hydrogens (tertiary/aromatic N) is 3. The van der Waals surface area contributed by atoms with Crippen molar-refractivity contribution in [2.24, 2.45) is 0 Å². The zero-order chi connectivity index (χ0) is 19.3. The van der Waals surface area contributed by atoms with Crippen LogP contribution in [0.3, 0.4) is 0 Å². The summed E-state index contributed by atoms with van der Waals surface area (Å²) in [5.74, 6) is 0.879. The number of carbonyl (C=O) groups is 1. The van der Waals surface area contributed by atoms with E-state index in [9.17, 15) is 4.79 Å². The predicted octanol–water partition coefficient (Wildman–Crippen LogP) is 3.29. The third-order valence-corrected chi connectivity index (χ3v) is 6.08. The molecule has 0 spiro atoms. The fraction of sp³-hybridized carbons (Fsp3) is 0.429. The first kappa shape index (κ1) is 19.0. The highest BCUT2D eigenvalue weighted by atomic mass is 32.1. The molecule has 3 heterocycles. The highest BCUT2D eigenvalue weighted by Crippen LogP contribution is 2.30. The van der Waals surface area contributed by atoms with Crippen LogP contribution >= 0.6 is 11.3 Å². The quantitative estimate of drug-likeness (QED) is 0.664. The van der Waals surface area contributed by atoms with Gasteiger partial charge in [0.15, 0.2) is 4.96 Å². The number of nitrogens with one attached hydrogen (secondary N) is 1. The Hall–Kier alpha value is -2.38. The average Bonchev–Trinajstić information content (AvgIpc) is 3.31. The highest BCUT2D eigenvalue weighted by Gasteiger charge is 2.25. The number of ether oxygens (including phenoxy) is 1. The molecule has 0 saturated carbocycles. The topological polar surface area (TPSA) is 58.9 Å². The number of benzene rings is 1. The van der Waals surface area contributed by atoms with Crippen LogP contribution in [0.1, 0.15) is 36.6 Å². The van der Waals surface area contributed by atoms with Crippen molar-refractivity contribution in [1.29, 1.82) is 0 Å². The summed E-state index contributed by atoms with van der Waals surface area (Å²) in [6, 6.07) is 8.23. The molecule has 4 rings (SSSR count). The van der Waals surface area contributed by atoms with Crippen molar-refractivity contribution in [3.05, 3.63) is 53.3 Å². The molecular formula is C21H26N4O2S. The molecule has 1 atom stereocenters. The number of rotatable bonds is 7. The van der Waals surface area contributed by atoms with Crippen molar-refractivity contribution in [2.75, 3.05) is 26.7 Å². The third-order valence-electron chi connectivity index (χ3n) is 5.31. The van der Waals surface area contributed by atoms with Crippen molar-refractivity contribution in [3.8, 4) is 5.75 Å². The predicted molar refractivity (Wildman–Crippen MR) is 111 cm³/mol. The molecule has 1 aromatic carbocycles. The first-order valence-electron chi connectivity index (χ1n) is 9.79. The highest BCUT2D eigenvalue weighted by molar-refractivity contribution is 7.15. The molecule has 2 aromatic heterocycles. The van der Waals surface area contributed by atoms with Gasteiger partial charge in [-0.2, -0.15) is 0 Å². The maximum absolute atomic E-state index is 12.6. The molecule has 1 N–H and O–H groups in total. The normalized spacial score (nSPS) is 16.2. The number of hydrogen-bond donors (Lipinski definition) is 1. The molecule has 1 saturated heterocycles. The largest absolute Gasteiger partial charge is 0.496 e. The van der Waals surface area contributed by atoms with Gasteiger partial charge in [-0.15, -0.1) is 11.3 Å². The van der Waals surface area contributed by atoms with Crippen LogP contribution in [0.4, 0.5) is 0 Å². The summed E-state index contributed by atoms with van der Waals surface area (Å²) in [5, 5.41) is 5.12. The lowest BCUT2D eigenvalue weighted by Crippen LogP contribution is -2.41. The van der Waals surface area contributed by atoms with Crippen LogP contribution in [0.25, 0.3) is 4.96 Å². The lowest BCUT2D eigenvalue weighted by molar-refractivity contribution is -0.120. The number of thiazole rings is 1. The number of aromatic nitrogens is 2. The maximum Gasteiger partial charge on any atom is 0.226 e. The van der Waals surface area contributed by atoms with E-state index in [0.717, 1.165) is 35.1 Å². The Bertz CT molecular complexity index is 901. The van der Waals surface area contributed by atoms with Crippen molar-refractivity contribution in [1.82, 2.24) is 19.6 Å². The SMILES string of the molecule is COc1ccccc1C(CNC(=O)Cc1cn2ccsc2n1)N1CCCCC1. The molecule has 0 aliphatic carbocycles. The van der Waals surface area contributed by atoms with Crippen molar-refractivity contribution < 1.29 is 9.53 Å². The number of para-hydroxylation sites is 1. The molecule has 1 aliphatic heterocycles. The first-order chi connectivity index (χ1) is 13.7. The van der Waals surface area contributed by atoms with E-state index in [-0.39, 0.29) is 11.9 Å². The molecule has 1 unspecified atom stereocenters. The summed E-state index contributed by atoms with van der Waals surface area (Å²) in [7, 11) is 1.70. The Morgan fingerprint density at radius 2 is 2.11 bits per heavy atom. The summed E-state index contributed by atoms with van der Waals surface area (Å²) >= 11 is 1.57. The second-order valence-corrected chi connectivity index (χ2v) is 8.03. The van der Waals surface area contributed by atoms with E-state index in [4.69, 9.17) is 4.74 Å². The van der Waals surface area contributed by atoms with Crippen LogP contribution in [0.5, 0.6) is 5.75 Å². The minimum atomic E-state index is 0.00246. The minimum absolute atomic E-state index is 0.00246. The Balaban J connectivity index is 1.45. The number of likely N-dealkylation sites (tertiary alicyclic amines) is 1. The number of hydrogen-bond acceptors (Lipinski definition) is 5. The zero-order valence-corrected chi connectivity index (χ0v) is 17.0. The van der Waals surface area contributed by atoms with Gasteiger partial charge in [0, 0.05) is 29.9 Å². The van der Waals surface area contributed by atoms with Gasteiger partial charge in [0.05, 0.1) is 25.3 Å². The summed E-state index contributed by atoms with van der Waals surface area (Å²) in [6.07, 6.45) is 7.86. The van der Waals surface area contributed by atoms with Crippen LogP contribution < -0.4 is 10.1 Å². The van der Waals surface area contributed by atoms with Crippen molar-refractivity contribution in [2.45, 2.75) is 31.7 Å². The summed E-state index contributed by atoms with van der Waals surface area (Å²) in [4.78, 5) is 20.5. The lowest BCUT2D eigenvalue weighted by atomic mass is 10.0. The molecule has 0 radical (unpaired) electrons. The van der Waals surface area contributed by atoms with Gasteiger partial charge in [-0.1, -0.05) is 24.6 Å². The lowest BCUT2D eigenvalue weighted by Gasteiger charge is -2.35. The fourth-order valence-corrected chi connectivity index (χ4v) is 4.63. The Morgan fingerprint density at radius 3 is 2.89 bits per heavy atom. The van der Waals surface area contributed by atoms with Gasteiger partial charge in [0.2, 0.25) is 5.91 Å². The minimum Gasteiger partial charge on any atom is -0.496 e. The molecule has 7 heteroatoms. The van der Waals surface area contributed by atoms with E-state index in [1.165, 1.54) is 19.3 Å². The number of fused-ring (bicyclic) bond motifs is 1. The Morgan fingerprint density at radius 1 is 1.29 bits per heavy atom. The first-order valence-corrected chi connectivity index (χ1v) is 10.7. The van der Waals surface area contributed by atoms with Gasteiger partial charge in [0.1, 0.15) is 5.75 Å². The monoisotopic (exact) mass is 398 g/mol. The number of piperidine rings is 1. The van der Waals surface area contributed by atoms with Crippen LogP contribution in [-0.4, -0.2) is 46.9 Å². The maximum atomic E-state index is 12.6. The second kappa shape index (κ2) is 8.75. The fourth-order valence-electron chi connectivity index (χ4n) is 3.91.